The van der Waals surface area contributed by atoms with E-state index in [2.05, 4.69) is 60.4 Å². The average Bonchev–Trinajstić information content (AvgIpc) is 2.92. The Hall–Kier alpha value is -1.58. The maximum Gasteiger partial charge on any atom is 0.335 e. The third kappa shape index (κ3) is 4.09. The zero-order valence-electron chi connectivity index (χ0n) is 22.7. The Kier molecular flexibility index (Phi) is 7.10. The van der Waals surface area contributed by atoms with Crippen molar-refractivity contribution in [3.8, 4) is 0 Å². The number of ether oxygens (including phenoxy) is 2. The molecule has 36 heavy (non-hydrogen) atoms. The van der Waals surface area contributed by atoms with Gasteiger partial charge in [-0.15, -0.1) is 0 Å². The molecule has 0 saturated carbocycles. The normalized spacial score (nSPS) is 31.5. The molecule has 12 heteroatoms. The Morgan fingerprint density at radius 1 is 0.972 bits per heavy atom. The summed E-state index contributed by atoms with van der Waals surface area (Å²) in [5.74, 6) is -0.427. The number of carbonyl (C=O) groups excluding carboxylic acids is 1. The van der Waals surface area contributed by atoms with E-state index < -0.39 is 58.4 Å². The first kappa shape index (κ1) is 27.5. The van der Waals surface area contributed by atoms with E-state index in [1.54, 1.807) is 6.92 Å². The smallest absolute Gasteiger partial charge is 0.335 e. The molecule has 0 spiro atoms. The van der Waals surface area contributed by atoms with Gasteiger partial charge in [0.05, 0.1) is 13.0 Å². The molecular formula is C24H40N2O8Si2. The van der Waals surface area contributed by atoms with Crippen LogP contribution in [0.3, 0.4) is 0 Å². The van der Waals surface area contributed by atoms with E-state index in [9.17, 15) is 14.4 Å². The molecule has 3 saturated heterocycles. The van der Waals surface area contributed by atoms with Gasteiger partial charge in [-0.3, -0.25) is 19.1 Å². The first-order valence-corrected chi connectivity index (χ1v) is 16.8. The van der Waals surface area contributed by atoms with Crippen molar-refractivity contribution in [1.82, 2.24) is 9.55 Å². The zero-order chi connectivity index (χ0) is 26.8. The number of esters is 1. The molecule has 0 amide bonds. The van der Waals surface area contributed by atoms with Crippen LogP contribution >= 0.6 is 0 Å². The highest BCUT2D eigenvalue weighted by atomic mass is 28.5. The molecule has 1 aromatic rings. The number of hydrogen-bond acceptors (Lipinski definition) is 8. The summed E-state index contributed by atoms with van der Waals surface area (Å²) in [5.41, 5.74) is -1.48. The fourth-order valence-corrected chi connectivity index (χ4v) is 17.3. The summed E-state index contributed by atoms with van der Waals surface area (Å²) in [4.78, 5) is 40.0. The van der Waals surface area contributed by atoms with Gasteiger partial charge >= 0.3 is 28.8 Å². The van der Waals surface area contributed by atoms with Crippen molar-refractivity contribution in [3.63, 3.8) is 0 Å². The predicted octanol–water partition coefficient (Wildman–Crippen LogP) is 3.38. The monoisotopic (exact) mass is 540 g/mol. The second kappa shape index (κ2) is 9.31. The molecule has 3 fully saturated rings. The average molecular weight is 541 g/mol. The van der Waals surface area contributed by atoms with Crippen LogP contribution in [0.25, 0.3) is 0 Å². The Bertz CT molecular complexity index is 1110. The van der Waals surface area contributed by atoms with Crippen molar-refractivity contribution in [2.45, 2.75) is 115 Å². The summed E-state index contributed by atoms with van der Waals surface area (Å²) in [7, 11) is -5.87. The first-order valence-electron chi connectivity index (χ1n) is 12.9. The van der Waals surface area contributed by atoms with Crippen molar-refractivity contribution in [3.05, 3.63) is 32.6 Å². The fraction of sp³-hybridized carbons (Fsp3) is 0.792. The van der Waals surface area contributed by atoms with Crippen molar-refractivity contribution in [1.29, 1.82) is 0 Å². The molecule has 0 unspecified atom stereocenters. The second-order valence-electron chi connectivity index (χ2n) is 11.7. The van der Waals surface area contributed by atoms with Gasteiger partial charge in [-0.05, 0) is 29.1 Å². The van der Waals surface area contributed by atoms with Crippen LogP contribution in [0, 0.1) is 6.92 Å². The van der Waals surface area contributed by atoms with Gasteiger partial charge in [0.25, 0.3) is 5.56 Å². The number of rotatable bonds is 5. The van der Waals surface area contributed by atoms with Gasteiger partial charge in [0, 0.05) is 11.8 Å². The van der Waals surface area contributed by atoms with Gasteiger partial charge in [-0.1, -0.05) is 55.4 Å². The summed E-state index contributed by atoms with van der Waals surface area (Å²) < 4.78 is 34.9. The Morgan fingerprint density at radius 2 is 1.56 bits per heavy atom. The molecule has 4 atom stereocenters. The molecular weight excluding hydrogens is 500 g/mol. The molecule has 3 aliphatic heterocycles. The minimum atomic E-state index is -3.00. The molecule has 0 radical (unpaired) electrons. The molecule has 202 valence electrons. The van der Waals surface area contributed by atoms with E-state index in [0.29, 0.717) is 5.56 Å². The number of nitrogens with one attached hydrogen (secondary N) is 1. The van der Waals surface area contributed by atoms with Crippen LogP contribution in [-0.2, 0) is 27.2 Å². The molecule has 1 aromatic heterocycles. The van der Waals surface area contributed by atoms with Crippen LogP contribution in [0.1, 0.15) is 73.6 Å². The van der Waals surface area contributed by atoms with Crippen molar-refractivity contribution in [2.24, 2.45) is 0 Å². The number of carbonyl (C=O) groups is 1. The highest BCUT2D eigenvalue weighted by Gasteiger charge is 2.69. The first-order chi connectivity index (χ1) is 16.7. The topological polar surface area (TPSA) is 118 Å². The van der Waals surface area contributed by atoms with Gasteiger partial charge in [0.15, 0.2) is 12.3 Å². The van der Waals surface area contributed by atoms with E-state index in [0.717, 1.165) is 0 Å². The van der Waals surface area contributed by atoms with Crippen LogP contribution in [0.2, 0.25) is 22.2 Å². The molecule has 2 bridgehead atoms. The largest absolute Gasteiger partial charge is 0.455 e. The summed E-state index contributed by atoms with van der Waals surface area (Å²) in [6.07, 6.45) is -1.14. The number of hydrogen-bond donors (Lipinski definition) is 1. The SMILES string of the molecule is Cc1cn([C@@H]2O[C@]34CO[Si](C(C)C)(C(C)C)O[Si](C(C)C)(C(C)C)O[C@H]3[C@H]2OC(=O)C4)c(=O)[nH]c1=O. The van der Waals surface area contributed by atoms with E-state index in [1.807, 2.05) is 0 Å². The third-order valence-corrected chi connectivity index (χ3v) is 18.2. The lowest BCUT2D eigenvalue weighted by Crippen LogP contribution is -2.69. The van der Waals surface area contributed by atoms with Crippen LogP contribution in [-0.4, -0.2) is 57.1 Å². The number of aromatic amines is 1. The number of aryl methyl sites for hydroxylation is 1. The Morgan fingerprint density at radius 3 is 2.11 bits per heavy atom. The highest BCUT2D eigenvalue weighted by molar-refractivity contribution is 6.84. The molecule has 10 nitrogen and oxygen atoms in total. The maximum absolute atomic E-state index is 12.8. The molecule has 1 N–H and O–H groups in total. The van der Waals surface area contributed by atoms with Crippen LogP contribution < -0.4 is 11.2 Å². The number of nitrogens with zero attached hydrogens (tertiary/aromatic N) is 1. The van der Waals surface area contributed by atoms with Crippen molar-refractivity contribution >= 4 is 23.1 Å². The zero-order valence-corrected chi connectivity index (χ0v) is 24.7. The summed E-state index contributed by atoms with van der Waals surface area (Å²) in [5, 5.41) is 0. The van der Waals surface area contributed by atoms with Crippen LogP contribution in [0.15, 0.2) is 15.8 Å². The lowest BCUT2D eigenvalue weighted by Gasteiger charge is -2.54. The third-order valence-electron chi connectivity index (χ3n) is 7.98. The Labute approximate surface area is 214 Å². The highest BCUT2D eigenvalue weighted by Crippen LogP contribution is 2.53. The fourth-order valence-electron chi connectivity index (χ4n) is 6.00. The number of aromatic nitrogens is 2. The molecule has 4 heterocycles. The van der Waals surface area contributed by atoms with Gasteiger partial charge in [-0.25, -0.2) is 4.79 Å². The molecule has 0 aliphatic carbocycles. The van der Waals surface area contributed by atoms with E-state index in [-0.39, 0.29) is 35.2 Å². The molecule has 0 aromatic carbocycles. The van der Waals surface area contributed by atoms with E-state index >= 15 is 0 Å². The summed E-state index contributed by atoms with van der Waals surface area (Å²) in [6.45, 7) is 18.7. The van der Waals surface area contributed by atoms with Gasteiger partial charge in [0.2, 0.25) is 0 Å². The van der Waals surface area contributed by atoms with Gasteiger partial charge in [-0.2, -0.15) is 0 Å². The Balaban J connectivity index is 1.91. The standard InChI is InChI=1S/C24H40N2O8Si2/c1-13(2)35(14(3)4)30-12-24-10-18(27)31-19(20(24)33-36(34-35,15(5)6)16(7)8)22(32-24)26-11-17(9)21(28)25-23(26)29/h11,13-16,19-20,22H,10,12H2,1-9H3,(H,25,28,29)/t19-,20+,22-,24-/m1/s1. The summed E-state index contributed by atoms with van der Waals surface area (Å²) >= 11 is 0. The number of H-pyrrole nitrogens is 1. The van der Waals surface area contributed by atoms with Crippen LogP contribution in [0.4, 0.5) is 0 Å². The minimum Gasteiger partial charge on any atom is -0.455 e. The lowest BCUT2D eigenvalue weighted by atomic mass is 9.90. The quantitative estimate of drug-likeness (QED) is 0.446. The van der Waals surface area contributed by atoms with E-state index in [4.69, 9.17) is 22.4 Å². The second-order valence-corrected chi connectivity index (χ2v) is 20.5. The van der Waals surface area contributed by atoms with Gasteiger partial charge in [0.1, 0.15) is 11.7 Å². The predicted molar refractivity (Wildman–Crippen MR) is 137 cm³/mol. The maximum atomic E-state index is 12.8. The minimum absolute atomic E-state index is 0.0525. The molecule has 3 aliphatic rings. The van der Waals surface area contributed by atoms with Crippen molar-refractivity contribution in [2.75, 3.05) is 6.61 Å². The van der Waals surface area contributed by atoms with Crippen molar-refractivity contribution < 1.29 is 27.2 Å². The lowest BCUT2D eigenvalue weighted by molar-refractivity contribution is -0.177. The van der Waals surface area contributed by atoms with Crippen LogP contribution in [0.5, 0.6) is 0 Å². The summed E-state index contributed by atoms with van der Waals surface area (Å²) in [6, 6.07) is 0. The molecule has 4 rings (SSSR count). The van der Waals surface area contributed by atoms with E-state index in [1.165, 1.54) is 10.8 Å². The van der Waals surface area contributed by atoms with Gasteiger partial charge < -0.3 is 22.4 Å².